The van der Waals surface area contributed by atoms with Gasteiger partial charge in [0.05, 0.1) is 5.69 Å². The molecule has 0 aliphatic heterocycles. The van der Waals surface area contributed by atoms with Crippen molar-refractivity contribution in [1.29, 1.82) is 0 Å². The molecule has 0 amide bonds. The van der Waals surface area contributed by atoms with Crippen LogP contribution in [0.3, 0.4) is 0 Å². The van der Waals surface area contributed by atoms with E-state index < -0.39 is 0 Å². The van der Waals surface area contributed by atoms with E-state index in [0.29, 0.717) is 5.15 Å². The first kappa shape index (κ1) is 15.0. The molecule has 0 N–H and O–H groups in total. The molecule has 0 unspecified atom stereocenters. The number of hydrogen-bond acceptors (Lipinski definition) is 2. The van der Waals surface area contributed by atoms with Crippen LogP contribution in [0, 0.1) is 6.92 Å². The van der Waals surface area contributed by atoms with Crippen molar-refractivity contribution in [2.24, 2.45) is 0 Å². The molecule has 0 saturated carbocycles. The van der Waals surface area contributed by atoms with Crippen LogP contribution in [0.25, 0.3) is 11.3 Å². The van der Waals surface area contributed by atoms with Gasteiger partial charge in [0.2, 0.25) is 0 Å². The first-order chi connectivity index (χ1) is 9.32. The zero-order valence-electron chi connectivity index (χ0n) is 12.8. The lowest BCUT2D eigenvalue weighted by molar-refractivity contribution is 0.545. The number of aryl methyl sites for hydroxylation is 1. The third-order valence-corrected chi connectivity index (χ3v) is 3.73. The Morgan fingerprint density at radius 2 is 1.85 bits per heavy atom. The molecule has 0 spiro atoms. The molecular formula is C17H21ClN2. The summed E-state index contributed by atoms with van der Waals surface area (Å²) in [5.41, 5.74) is 4.16. The Hall–Kier alpha value is -1.41. The number of aromatic nitrogens is 2. The van der Waals surface area contributed by atoms with Crippen LogP contribution in [0.15, 0.2) is 24.3 Å². The van der Waals surface area contributed by atoms with E-state index in [0.717, 1.165) is 29.1 Å². The van der Waals surface area contributed by atoms with E-state index in [9.17, 15) is 0 Å². The summed E-state index contributed by atoms with van der Waals surface area (Å²) < 4.78 is 0. The molecule has 2 rings (SSSR count). The maximum atomic E-state index is 6.30. The Bertz CT molecular complexity index is 627. The predicted octanol–water partition coefficient (Wildman–Crippen LogP) is 4.97. The number of hydrogen-bond donors (Lipinski definition) is 0. The summed E-state index contributed by atoms with van der Waals surface area (Å²) in [7, 11) is 0. The summed E-state index contributed by atoms with van der Waals surface area (Å²) in [5.74, 6) is 0.782. The van der Waals surface area contributed by atoms with Crippen molar-refractivity contribution in [1.82, 2.24) is 9.97 Å². The van der Waals surface area contributed by atoms with Crippen molar-refractivity contribution in [3.05, 3.63) is 46.4 Å². The molecule has 0 aliphatic carbocycles. The van der Waals surface area contributed by atoms with Crippen LogP contribution in [-0.4, -0.2) is 9.97 Å². The molecule has 0 atom stereocenters. The summed E-state index contributed by atoms with van der Waals surface area (Å²) in [6.45, 7) is 10.4. The molecule has 1 aromatic carbocycles. The molecule has 0 radical (unpaired) electrons. The van der Waals surface area contributed by atoms with Gasteiger partial charge in [-0.15, -0.1) is 0 Å². The normalized spacial score (nSPS) is 11.7. The van der Waals surface area contributed by atoms with E-state index >= 15 is 0 Å². The molecule has 1 aromatic heterocycles. The minimum atomic E-state index is -0.117. The summed E-state index contributed by atoms with van der Waals surface area (Å²) in [5, 5.41) is 0.543. The van der Waals surface area contributed by atoms with Crippen LogP contribution < -0.4 is 0 Å². The molecule has 0 bridgehead atoms. The monoisotopic (exact) mass is 288 g/mol. The summed E-state index contributed by atoms with van der Waals surface area (Å²) in [6, 6.07) is 8.46. The maximum Gasteiger partial charge on any atom is 0.136 e. The smallest absolute Gasteiger partial charge is 0.136 e. The first-order valence-corrected chi connectivity index (χ1v) is 7.34. The van der Waals surface area contributed by atoms with Crippen LogP contribution in [0.1, 0.15) is 44.6 Å². The van der Waals surface area contributed by atoms with Crippen molar-refractivity contribution in [2.75, 3.05) is 0 Å². The van der Waals surface area contributed by atoms with Gasteiger partial charge in [-0.1, -0.05) is 57.5 Å². The molecule has 3 heteroatoms. The van der Waals surface area contributed by atoms with Gasteiger partial charge in [0.15, 0.2) is 0 Å². The highest BCUT2D eigenvalue weighted by atomic mass is 35.5. The Morgan fingerprint density at radius 3 is 2.45 bits per heavy atom. The summed E-state index contributed by atoms with van der Waals surface area (Å²) >= 11 is 6.30. The van der Waals surface area contributed by atoms with E-state index in [1.54, 1.807) is 0 Å². The topological polar surface area (TPSA) is 25.8 Å². The lowest BCUT2D eigenvalue weighted by Crippen LogP contribution is -2.17. The highest BCUT2D eigenvalue weighted by Gasteiger charge is 2.21. The highest BCUT2D eigenvalue weighted by molar-refractivity contribution is 6.30. The van der Waals surface area contributed by atoms with Gasteiger partial charge >= 0.3 is 0 Å². The number of rotatable bonds is 2. The van der Waals surface area contributed by atoms with Crippen LogP contribution >= 0.6 is 11.6 Å². The molecule has 1 heterocycles. The predicted molar refractivity (Wildman–Crippen MR) is 85.3 cm³/mol. The van der Waals surface area contributed by atoms with Crippen LogP contribution in [-0.2, 0) is 11.8 Å². The van der Waals surface area contributed by atoms with Gasteiger partial charge in [0.1, 0.15) is 11.0 Å². The Balaban J connectivity index is 2.63. The van der Waals surface area contributed by atoms with Gasteiger partial charge in [-0.25, -0.2) is 9.97 Å². The second kappa shape index (κ2) is 5.53. The second-order valence-electron chi connectivity index (χ2n) is 6.12. The fourth-order valence-electron chi connectivity index (χ4n) is 2.04. The first-order valence-electron chi connectivity index (χ1n) is 6.97. The molecular weight excluding hydrogens is 268 g/mol. The fraction of sp³-hybridized carbons (Fsp3) is 0.412. The lowest BCUT2D eigenvalue weighted by atomic mass is 9.95. The Morgan fingerprint density at radius 1 is 1.15 bits per heavy atom. The van der Waals surface area contributed by atoms with Gasteiger partial charge in [-0.3, -0.25) is 0 Å². The van der Waals surface area contributed by atoms with Crippen molar-refractivity contribution in [3.63, 3.8) is 0 Å². The maximum absolute atomic E-state index is 6.30. The summed E-state index contributed by atoms with van der Waals surface area (Å²) in [6.07, 6.45) is 1.01. The average molecular weight is 289 g/mol. The van der Waals surface area contributed by atoms with Gasteiger partial charge in [0, 0.05) is 16.5 Å². The zero-order valence-corrected chi connectivity index (χ0v) is 13.5. The largest absolute Gasteiger partial charge is 0.232 e. The van der Waals surface area contributed by atoms with Gasteiger partial charge in [-0.2, -0.15) is 0 Å². The SMILES string of the molecule is CCc1cccc(-c2nc(C(C)(C)C)nc(Cl)c2C)c1. The standard InChI is InChI=1S/C17H21ClN2/c1-6-12-8-7-9-13(10-12)14-11(2)15(18)20-16(19-14)17(3,4)5/h7-10H,6H2,1-5H3. The second-order valence-corrected chi connectivity index (χ2v) is 6.47. The lowest BCUT2D eigenvalue weighted by Gasteiger charge is -2.19. The minimum Gasteiger partial charge on any atom is -0.232 e. The average Bonchev–Trinajstić information content (AvgIpc) is 2.40. The molecule has 0 fully saturated rings. The van der Waals surface area contributed by atoms with E-state index in [4.69, 9.17) is 16.6 Å². The zero-order chi connectivity index (χ0) is 14.9. The van der Waals surface area contributed by atoms with Crippen molar-refractivity contribution in [2.45, 2.75) is 46.5 Å². The Kier molecular flexibility index (Phi) is 4.14. The van der Waals surface area contributed by atoms with Crippen molar-refractivity contribution < 1.29 is 0 Å². The van der Waals surface area contributed by atoms with E-state index in [2.05, 4.69) is 56.9 Å². The fourth-order valence-corrected chi connectivity index (χ4v) is 2.21. The summed E-state index contributed by atoms with van der Waals surface area (Å²) in [4.78, 5) is 9.18. The minimum absolute atomic E-state index is 0.117. The molecule has 0 aliphatic rings. The molecule has 0 saturated heterocycles. The third-order valence-electron chi connectivity index (χ3n) is 3.37. The molecule has 20 heavy (non-hydrogen) atoms. The number of halogens is 1. The number of benzene rings is 1. The van der Waals surface area contributed by atoms with Crippen molar-refractivity contribution in [3.8, 4) is 11.3 Å². The molecule has 2 aromatic rings. The van der Waals surface area contributed by atoms with Crippen molar-refractivity contribution >= 4 is 11.6 Å². The van der Waals surface area contributed by atoms with Crippen LogP contribution in [0.5, 0.6) is 0 Å². The van der Waals surface area contributed by atoms with E-state index in [1.807, 2.05) is 6.92 Å². The van der Waals surface area contributed by atoms with E-state index in [-0.39, 0.29) is 5.41 Å². The number of nitrogens with zero attached hydrogens (tertiary/aromatic N) is 2. The third kappa shape index (κ3) is 3.01. The van der Waals surface area contributed by atoms with Gasteiger partial charge < -0.3 is 0 Å². The Labute approximate surface area is 126 Å². The highest BCUT2D eigenvalue weighted by Crippen LogP contribution is 2.29. The quantitative estimate of drug-likeness (QED) is 0.730. The van der Waals surface area contributed by atoms with Crippen LogP contribution in [0.4, 0.5) is 0 Å². The molecule has 2 nitrogen and oxygen atoms in total. The van der Waals surface area contributed by atoms with E-state index in [1.165, 1.54) is 5.56 Å². The van der Waals surface area contributed by atoms with Gasteiger partial charge in [0.25, 0.3) is 0 Å². The van der Waals surface area contributed by atoms with Crippen LogP contribution in [0.2, 0.25) is 5.15 Å². The van der Waals surface area contributed by atoms with Gasteiger partial charge in [-0.05, 0) is 25.0 Å². The molecule has 106 valence electrons.